The maximum Gasteiger partial charge on any atom is 0.328 e. The van der Waals surface area contributed by atoms with Crippen LogP contribution in [-0.2, 0) is 4.79 Å². The smallest absolute Gasteiger partial charge is 0.328 e. The Balaban J connectivity index is 2.17. The summed E-state index contributed by atoms with van der Waals surface area (Å²) in [5.41, 5.74) is -0.709. The first-order valence-electron chi connectivity index (χ1n) is 6.43. The highest BCUT2D eigenvalue weighted by molar-refractivity contribution is 5.76. The number of H-pyrrole nitrogens is 2. The number of aromatic hydroxyl groups is 1. The third kappa shape index (κ3) is 2.24. The summed E-state index contributed by atoms with van der Waals surface area (Å²) in [5, 5.41) is 9.86. The molecule has 0 fully saturated rings. The van der Waals surface area contributed by atoms with Crippen LogP contribution in [0.25, 0.3) is 0 Å². The van der Waals surface area contributed by atoms with Crippen molar-refractivity contribution >= 4 is 5.97 Å². The lowest BCUT2D eigenvalue weighted by Gasteiger charge is -2.23. The van der Waals surface area contributed by atoms with Gasteiger partial charge in [0.1, 0.15) is 0 Å². The highest BCUT2D eigenvalue weighted by Gasteiger charge is 2.32. The van der Waals surface area contributed by atoms with Crippen LogP contribution in [-0.4, -0.2) is 28.2 Å². The van der Waals surface area contributed by atoms with Crippen LogP contribution in [0.15, 0.2) is 27.8 Å². The average Bonchev–Trinajstić information content (AvgIpc) is 2.45. The van der Waals surface area contributed by atoms with E-state index in [1.807, 2.05) is 0 Å². The van der Waals surface area contributed by atoms with E-state index in [0.29, 0.717) is 5.56 Å². The summed E-state index contributed by atoms with van der Waals surface area (Å²) in [5.74, 6) is -1.20. The van der Waals surface area contributed by atoms with Crippen LogP contribution in [0.2, 0.25) is 0 Å². The molecule has 22 heavy (non-hydrogen) atoms. The van der Waals surface area contributed by atoms with Crippen LogP contribution in [0.1, 0.15) is 23.5 Å². The minimum atomic E-state index is -0.755. The standard InChI is InChI=1S/C14H12N2O6/c1-21-9-3-2-6(4-8(9)17)7-5-10(18)22-13-11(7)12(19)15-14(20)16-13/h2-4,7,17H,5H2,1H3,(H2,15,16,19,20). The van der Waals surface area contributed by atoms with E-state index in [9.17, 15) is 19.5 Å². The van der Waals surface area contributed by atoms with Gasteiger partial charge >= 0.3 is 11.7 Å². The quantitative estimate of drug-likeness (QED) is 0.682. The number of rotatable bonds is 2. The molecule has 0 saturated heterocycles. The average molecular weight is 304 g/mol. The predicted molar refractivity (Wildman–Crippen MR) is 74.4 cm³/mol. The van der Waals surface area contributed by atoms with Gasteiger partial charge in [0.2, 0.25) is 5.88 Å². The second-order valence-corrected chi connectivity index (χ2v) is 4.81. The molecule has 0 aliphatic carbocycles. The van der Waals surface area contributed by atoms with Crippen molar-refractivity contribution in [1.29, 1.82) is 0 Å². The molecule has 0 radical (unpaired) electrons. The number of phenols is 1. The fourth-order valence-corrected chi connectivity index (χ4v) is 2.50. The number of aromatic nitrogens is 2. The fraction of sp³-hybridized carbons (Fsp3) is 0.214. The van der Waals surface area contributed by atoms with E-state index >= 15 is 0 Å². The molecule has 2 heterocycles. The maximum atomic E-state index is 12.0. The normalized spacial score (nSPS) is 16.8. The second-order valence-electron chi connectivity index (χ2n) is 4.81. The summed E-state index contributed by atoms with van der Waals surface area (Å²) in [6, 6.07) is 4.58. The van der Waals surface area contributed by atoms with Crippen molar-refractivity contribution < 1.29 is 19.4 Å². The lowest BCUT2D eigenvalue weighted by atomic mass is 9.88. The molecule has 1 atom stereocenters. The van der Waals surface area contributed by atoms with Crippen molar-refractivity contribution in [1.82, 2.24) is 9.97 Å². The Morgan fingerprint density at radius 2 is 2.05 bits per heavy atom. The molecule has 1 unspecified atom stereocenters. The van der Waals surface area contributed by atoms with Gasteiger partial charge in [0.15, 0.2) is 11.5 Å². The molecular formula is C14H12N2O6. The van der Waals surface area contributed by atoms with Crippen molar-refractivity contribution in [2.45, 2.75) is 12.3 Å². The van der Waals surface area contributed by atoms with Gasteiger partial charge in [0, 0.05) is 5.92 Å². The molecule has 1 aromatic heterocycles. The lowest BCUT2D eigenvalue weighted by Crippen LogP contribution is -2.33. The number of fused-ring (bicyclic) bond motifs is 1. The number of ether oxygens (including phenoxy) is 2. The minimum absolute atomic E-state index is 0.0755. The zero-order chi connectivity index (χ0) is 15.9. The fourth-order valence-electron chi connectivity index (χ4n) is 2.50. The van der Waals surface area contributed by atoms with Crippen molar-refractivity contribution in [3.05, 3.63) is 50.2 Å². The zero-order valence-electron chi connectivity index (χ0n) is 11.5. The molecule has 3 N–H and O–H groups in total. The highest BCUT2D eigenvalue weighted by atomic mass is 16.5. The summed E-state index contributed by atoms with van der Waals surface area (Å²) in [6.07, 6.45) is -0.0755. The number of nitrogens with one attached hydrogen (secondary N) is 2. The molecule has 114 valence electrons. The molecule has 1 aliphatic heterocycles. The van der Waals surface area contributed by atoms with E-state index in [-0.39, 0.29) is 29.4 Å². The van der Waals surface area contributed by atoms with Gasteiger partial charge in [0.05, 0.1) is 19.1 Å². The van der Waals surface area contributed by atoms with Crippen LogP contribution in [0.3, 0.4) is 0 Å². The van der Waals surface area contributed by atoms with Crippen molar-refractivity contribution in [2.24, 2.45) is 0 Å². The molecule has 0 saturated carbocycles. The van der Waals surface area contributed by atoms with Gasteiger partial charge in [0.25, 0.3) is 5.56 Å². The van der Waals surface area contributed by atoms with Crippen molar-refractivity contribution in [3.63, 3.8) is 0 Å². The van der Waals surface area contributed by atoms with Crippen molar-refractivity contribution in [2.75, 3.05) is 7.11 Å². The van der Waals surface area contributed by atoms with Crippen molar-refractivity contribution in [3.8, 4) is 17.4 Å². The first-order valence-corrected chi connectivity index (χ1v) is 6.43. The Bertz CT molecular complexity index is 866. The van der Waals surface area contributed by atoms with Crippen LogP contribution >= 0.6 is 0 Å². The second kappa shape index (κ2) is 5.06. The molecular weight excluding hydrogens is 292 g/mol. The summed E-state index contributed by atoms with van der Waals surface area (Å²) < 4.78 is 9.88. The van der Waals surface area contributed by atoms with E-state index in [1.165, 1.54) is 19.2 Å². The van der Waals surface area contributed by atoms with Gasteiger partial charge in [-0.1, -0.05) is 6.07 Å². The number of benzene rings is 1. The number of hydrogen-bond acceptors (Lipinski definition) is 6. The topological polar surface area (TPSA) is 121 Å². The summed E-state index contributed by atoms with van der Waals surface area (Å²) in [6.45, 7) is 0. The van der Waals surface area contributed by atoms with Gasteiger partial charge < -0.3 is 14.6 Å². The van der Waals surface area contributed by atoms with Gasteiger partial charge in [-0.3, -0.25) is 19.6 Å². The molecule has 0 spiro atoms. The number of hydrogen-bond donors (Lipinski definition) is 3. The van der Waals surface area contributed by atoms with Crippen LogP contribution < -0.4 is 20.7 Å². The number of carbonyl (C=O) groups excluding carboxylic acids is 1. The van der Waals surface area contributed by atoms with Crippen LogP contribution in [0, 0.1) is 0 Å². The largest absolute Gasteiger partial charge is 0.504 e. The maximum absolute atomic E-state index is 12.0. The van der Waals surface area contributed by atoms with E-state index in [1.54, 1.807) is 6.07 Å². The molecule has 8 heteroatoms. The third-order valence-electron chi connectivity index (χ3n) is 3.48. The van der Waals surface area contributed by atoms with Crippen LogP contribution in [0.4, 0.5) is 0 Å². The number of carbonyl (C=O) groups is 1. The number of aromatic amines is 2. The van der Waals surface area contributed by atoms with E-state index in [2.05, 4.69) is 9.97 Å². The van der Waals surface area contributed by atoms with Gasteiger partial charge in [-0.25, -0.2) is 4.79 Å². The molecule has 0 bridgehead atoms. The number of methoxy groups -OCH3 is 1. The first-order chi connectivity index (χ1) is 10.5. The molecule has 1 aliphatic rings. The predicted octanol–water partition coefficient (Wildman–Crippen LogP) is 0.218. The number of esters is 1. The Kier molecular flexibility index (Phi) is 3.21. The van der Waals surface area contributed by atoms with Gasteiger partial charge in [-0.2, -0.15) is 0 Å². The molecule has 0 amide bonds. The SMILES string of the molecule is COc1ccc(C2CC(=O)Oc3[nH]c(=O)[nH]c(=O)c32)cc1O. The summed E-state index contributed by atoms with van der Waals surface area (Å²) >= 11 is 0. The van der Waals surface area contributed by atoms with Gasteiger partial charge in [-0.05, 0) is 17.7 Å². The highest BCUT2D eigenvalue weighted by Crippen LogP contribution is 2.37. The Labute approximate surface area is 123 Å². The summed E-state index contributed by atoms with van der Waals surface area (Å²) in [4.78, 5) is 39.4. The molecule has 1 aromatic carbocycles. The number of phenolic OH excluding ortho intramolecular Hbond substituents is 1. The van der Waals surface area contributed by atoms with Gasteiger partial charge in [-0.15, -0.1) is 0 Å². The van der Waals surface area contributed by atoms with E-state index < -0.39 is 23.1 Å². The third-order valence-corrected chi connectivity index (χ3v) is 3.48. The molecule has 3 rings (SSSR count). The monoisotopic (exact) mass is 304 g/mol. The van der Waals surface area contributed by atoms with E-state index in [4.69, 9.17) is 9.47 Å². The Hall–Kier alpha value is -3.03. The molecule has 8 nitrogen and oxygen atoms in total. The Morgan fingerprint density at radius 3 is 2.73 bits per heavy atom. The zero-order valence-corrected chi connectivity index (χ0v) is 11.5. The molecule has 2 aromatic rings. The minimum Gasteiger partial charge on any atom is -0.504 e. The van der Waals surface area contributed by atoms with Crippen LogP contribution in [0.5, 0.6) is 17.4 Å². The Morgan fingerprint density at radius 1 is 1.27 bits per heavy atom. The lowest BCUT2D eigenvalue weighted by molar-refractivity contribution is -0.136. The first kappa shape index (κ1) is 13.9. The van der Waals surface area contributed by atoms with E-state index in [0.717, 1.165) is 0 Å². The summed E-state index contributed by atoms with van der Waals surface area (Å²) in [7, 11) is 1.41.